The second kappa shape index (κ2) is 7.96. The molecule has 2 rings (SSSR count). The maximum absolute atomic E-state index is 12.4. The van der Waals surface area contributed by atoms with E-state index in [2.05, 4.69) is 55.8 Å². The Labute approximate surface area is 157 Å². The number of nitrogens with zero attached hydrogens (tertiary/aromatic N) is 2. The zero-order valence-corrected chi connectivity index (χ0v) is 17.0. The molecule has 0 radical (unpaired) electrons. The quantitative estimate of drug-likeness (QED) is 0.862. The molecule has 0 saturated carbocycles. The Balaban J connectivity index is 1.82. The van der Waals surface area contributed by atoms with Gasteiger partial charge < -0.3 is 10.2 Å². The smallest absolute Gasteiger partial charge is 0.234 e. The van der Waals surface area contributed by atoms with Crippen molar-refractivity contribution in [3.05, 3.63) is 29.3 Å². The normalized spacial score (nSPS) is 16.8. The molecule has 5 heteroatoms. The largest absolute Gasteiger partial charge is 0.368 e. The van der Waals surface area contributed by atoms with E-state index in [1.807, 2.05) is 18.2 Å². The number of piperazine rings is 1. The van der Waals surface area contributed by atoms with Crippen molar-refractivity contribution in [2.75, 3.05) is 37.6 Å². The van der Waals surface area contributed by atoms with Gasteiger partial charge in [0.25, 0.3) is 0 Å². The van der Waals surface area contributed by atoms with E-state index in [1.54, 1.807) is 0 Å². The van der Waals surface area contributed by atoms with Crippen LogP contribution in [0.4, 0.5) is 5.69 Å². The number of carbonyl (C=O) groups is 1. The fourth-order valence-electron chi connectivity index (χ4n) is 3.85. The van der Waals surface area contributed by atoms with E-state index in [1.165, 1.54) is 0 Å². The second-order valence-corrected chi connectivity index (χ2v) is 9.29. The van der Waals surface area contributed by atoms with E-state index in [0.717, 1.165) is 43.3 Å². The van der Waals surface area contributed by atoms with Crippen LogP contribution in [0, 0.1) is 5.41 Å². The first kappa shape index (κ1) is 20.1. The Morgan fingerprint density at radius 2 is 1.68 bits per heavy atom. The summed E-state index contributed by atoms with van der Waals surface area (Å²) in [6.07, 6.45) is 0.950. The molecule has 0 aliphatic carbocycles. The molecule has 25 heavy (non-hydrogen) atoms. The molecular weight excluding hydrogens is 334 g/mol. The standard InChI is InChI=1S/C20H32ClN3O/c1-19(2,3)15-20(4,5)22-18(25)14-23-10-12-24(13-11-23)17-9-7-6-8-16(17)21/h6-9H,10-15H2,1-5H3,(H,22,25). The summed E-state index contributed by atoms with van der Waals surface area (Å²) < 4.78 is 0. The van der Waals surface area contributed by atoms with Crippen molar-refractivity contribution in [3.63, 3.8) is 0 Å². The van der Waals surface area contributed by atoms with E-state index in [0.29, 0.717) is 6.54 Å². The van der Waals surface area contributed by atoms with Crippen molar-refractivity contribution in [2.24, 2.45) is 5.41 Å². The first-order valence-corrected chi connectivity index (χ1v) is 9.46. The zero-order chi connectivity index (χ0) is 18.7. The monoisotopic (exact) mass is 365 g/mol. The molecule has 1 aromatic rings. The lowest BCUT2D eigenvalue weighted by Crippen LogP contribution is -2.53. The molecule has 140 valence electrons. The van der Waals surface area contributed by atoms with Gasteiger partial charge in [0.05, 0.1) is 17.3 Å². The van der Waals surface area contributed by atoms with E-state index >= 15 is 0 Å². The van der Waals surface area contributed by atoms with Gasteiger partial charge in [0.1, 0.15) is 0 Å². The fourth-order valence-corrected chi connectivity index (χ4v) is 4.10. The molecule has 0 bridgehead atoms. The van der Waals surface area contributed by atoms with E-state index in [4.69, 9.17) is 11.6 Å². The van der Waals surface area contributed by atoms with Crippen LogP contribution >= 0.6 is 11.6 Å². The van der Waals surface area contributed by atoms with Crippen LogP contribution in [0.25, 0.3) is 0 Å². The van der Waals surface area contributed by atoms with Gasteiger partial charge in [-0.3, -0.25) is 9.69 Å². The van der Waals surface area contributed by atoms with Gasteiger partial charge in [-0.05, 0) is 37.8 Å². The average molecular weight is 366 g/mol. The molecule has 1 aromatic carbocycles. The number of halogens is 1. The number of carbonyl (C=O) groups excluding carboxylic acids is 1. The number of amides is 1. The van der Waals surface area contributed by atoms with Gasteiger partial charge in [0.15, 0.2) is 0 Å². The number of hydrogen-bond acceptors (Lipinski definition) is 3. The molecule has 0 unspecified atom stereocenters. The molecule has 0 atom stereocenters. The van der Waals surface area contributed by atoms with Crippen LogP contribution in [-0.4, -0.2) is 49.1 Å². The third-order valence-electron chi connectivity index (χ3n) is 4.38. The highest BCUT2D eigenvalue weighted by Gasteiger charge is 2.28. The summed E-state index contributed by atoms with van der Waals surface area (Å²) >= 11 is 6.28. The van der Waals surface area contributed by atoms with Crippen LogP contribution in [-0.2, 0) is 4.79 Å². The maximum Gasteiger partial charge on any atom is 0.234 e. The highest BCUT2D eigenvalue weighted by Crippen LogP contribution is 2.27. The highest BCUT2D eigenvalue weighted by molar-refractivity contribution is 6.33. The second-order valence-electron chi connectivity index (χ2n) is 8.88. The molecule has 1 amide bonds. The summed E-state index contributed by atoms with van der Waals surface area (Å²) in [6, 6.07) is 7.94. The zero-order valence-electron chi connectivity index (χ0n) is 16.2. The molecule has 0 aromatic heterocycles. The summed E-state index contributed by atoms with van der Waals surface area (Å²) in [5.74, 6) is 0.112. The van der Waals surface area contributed by atoms with Gasteiger partial charge >= 0.3 is 0 Å². The van der Waals surface area contributed by atoms with Gasteiger partial charge in [0.2, 0.25) is 5.91 Å². The molecule has 1 aliphatic heterocycles. The molecule has 4 nitrogen and oxygen atoms in total. The third kappa shape index (κ3) is 6.52. The van der Waals surface area contributed by atoms with Crippen LogP contribution in [0.1, 0.15) is 41.0 Å². The van der Waals surface area contributed by atoms with Gasteiger partial charge in [-0.1, -0.05) is 44.5 Å². The Hall–Kier alpha value is -1.26. The first-order chi connectivity index (χ1) is 11.6. The van der Waals surface area contributed by atoms with E-state index < -0.39 is 0 Å². The van der Waals surface area contributed by atoms with Gasteiger partial charge in [0, 0.05) is 31.7 Å². The number of para-hydroxylation sites is 1. The first-order valence-electron chi connectivity index (χ1n) is 9.09. The Morgan fingerprint density at radius 3 is 2.24 bits per heavy atom. The van der Waals surface area contributed by atoms with Crippen LogP contribution < -0.4 is 10.2 Å². The Bertz CT molecular complexity index is 587. The SMILES string of the molecule is CC(C)(C)CC(C)(C)NC(=O)CN1CCN(c2ccccc2Cl)CC1. The lowest BCUT2D eigenvalue weighted by Gasteiger charge is -2.37. The number of nitrogens with one attached hydrogen (secondary N) is 1. The molecule has 1 aliphatic rings. The summed E-state index contributed by atoms with van der Waals surface area (Å²) in [6.45, 7) is 14.8. The van der Waals surface area contributed by atoms with Crippen molar-refractivity contribution in [1.29, 1.82) is 0 Å². The van der Waals surface area contributed by atoms with Crippen LogP contribution in [0.5, 0.6) is 0 Å². The van der Waals surface area contributed by atoms with E-state index in [-0.39, 0.29) is 16.9 Å². The molecule has 0 spiro atoms. The van der Waals surface area contributed by atoms with Crippen LogP contribution in [0.15, 0.2) is 24.3 Å². The minimum Gasteiger partial charge on any atom is -0.368 e. The summed E-state index contributed by atoms with van der Waals surface area (Å²) in [5.41, 5.74) is 1.09. The van der Waals surface area contributed by atoms with Crippen LogP contribution in [0.2, 0.25) is 5.02 Å². The third-order valence-corrected chi connectivity index (χ3v) is 4.70. The Morgan fingerprint density at radius 1 is 1.08 bits per heavy atom. The Kier molecular flexibility index (Phi) is 6.39. The molecule has 1 N–H and O–H groups in total. The van der Waals surface area contributed by atoms with Crippen molar-refractivity contribution in [1.82, 2.24) is 10.2 Å². The molecule has 1 fully saturated rings. The number of rotatable bonds is 5. The summed E-state index contributed by atoms with van der Waals surface area (Å²) in [7, 11) is 0. The van der Waals surface area contributed by atoms with Crippen molar-refractivity contribution in [2.45, 2.75) is 46.6 Å². The summed E-state index contributed by atoms with van der Waals surface area (Å²) in [5, 5.41) is 3.99. The topological polar surface area (TPSA) is 35.6 Å². The van der Waals surface area contributed by atoms with Gasteiger partial charge in [-0.2, -0.15) is 0 Å². The maximum atomic E-state index is 12.4. The molecule has 1 saturated heterocycles. The van der Waals surface area contributed by atoms with Crippen molar-refractivity contribution >= 4 is 23.2 Å². The minimum absolute atomic E-state index is 0.112. The van der Waals surface area contributed by atoms with Gasteiger partial charge in [-0.15, -0.1) is 0 Å². The average Bonchev–Trinajstić information content (AvgIpc) is 2.45. The fraction of sp³-hybridized carbons (Fsp3) is 0.650. The predicted octanol–water partition coefficient (Wildman–Crippen LogP) is 3.79. The number of anilines is 1. The van der Waals surface area contributed by atoms with Crippen molar-refractivity contribution in [3.8, 4) is 0 Å². The lowest BCUT2D eigenvalue weighted by molar-refractivity contribution is -0.124. The van der Waals surface area contributed by atoms with E-state index in [9.17, 15) is 4.79 Å². The predicted molar refractivity (Wildman–Crippen MR) is 106 cm³/mol. The number of benzene rings is 1. The molecular formula is C20H32ClN3O. The highest BCUT2D eigenvalue weighted by atomic mass is 35.5. The lowest BCUT2D eigenvalue weighted by atomic mass is 9.82. The van der Waals surface area contributed by atoms with Crippen LogP contribution in [0.3, 0.4) is 0 Å². The van der Waals surface area contributed by atoms with Gasteiger partial charge in [-0.25, -0.2) is 0 Å². The minimum atomic E-state index is -0.186. The molecule has 1 heterocycles. The number of hydrogen-bond donors (Lipinski definition) is 1. The summed E-state index contributed by atoms with van der Waals surface area (Å²) in [4.78, 5) is 16.9. The van der Waals surface area contributed by atoms with Crippen molar-refractivity contribution < 1.29 is 4.79 Å².